The molecule has 1 aromatic heterocycles. The smallest absolute Gasteiger partial charge is 0.247 e. The van der Waals surface area contributed by atoms with Gasteiger partial charge in [0.05, 0.1) is 6.04 Å². The van der Waals surface area contributed by atoms with E-state index in [0.717, 1.165) is 28.4 Å². The Bertz CT molecular complexity index is 835. The molecule has 3 rings (SSSR count). The summed E-state index contributed by atoms with van der Waals surface area (Å²) in [6, 6.07) is 8.87. The summed E-state index contributed by atoms with van der Waals surface area (Å²) in [5.74, 6) is 0.241. The molecule has 2 aromatic rings. The lowest BCUT2D eigenvalue weighted by Crippen LogP contribution is -2.34. The Morgan fingerprint density at radius 1 is 1.42 bits per heavy atom. The molecule has 130 valence electrons. The zero-order valence-corrected chi connectivity index (χ0v) is 15.5. The standard InChI is InChI=1S/C15H19N3O3S3/c1-2-17-12-9-18(8-10-4-3-5-11(19)6-10)23-13-7-14(22-15(12)13)24(16,20)21/h3-7,12,17,19H,2,8-9H2,1H3,(H2,16,20,21)/t12-/m1/s1. The SMILES string of the molecule is CCN[C@@H]1CN(Cc2cccc(O)c2)Sc2cc(S(N)(=O)=O)sc21. The number of sulfonamides is 1. The first-order valence-corrected chi connectivity index (χ1v) is 10.6. The summed E-state index contributed by atoms with van der Waals surface area (Å²) in [4.78, 5) is 1.93. The fraction of sp³-hybridized carbons (Fsp3) is 0.333. The van der Waals surface area contributed by atoms with E-state index < -0.39 is 10.0 Å². The average molecular weight is 386 g/mol. The fourth-order valence-electron chi connectivity index (χ4n) is 2.64. The Hall–Kier alpha value is -1.10. The molecule has 1 aromatic carbocycles. The number of aromatic hydroxyl groups is 1. The predicted octanol–water partition coefficient (Wildman–Crippen LogP) is 2.27. The van der Waals surface area contributed by atoms with E-state index in [1.165, 1.54) is 23.3 Å². The second-order valence-corrected chi connectivity index (χ2v) is 9.54. The number of phenols is 1. The van der Waals surface area contributed by atoms with Gasteiger partial charge in [0.2, 0.25) is 10.0 Å². The third-order valence-electron chi connectivity index (χ3n) is 3.63. The van der Waals surface area contributed by atoms with Crippen LogP contribution in [0.5, 0.6) is 5.75 Å². The maximum atomic E-state index is 11.6. The summed E-state index contributed by atoms with van der Waals surface area (Å²) in [7, 11) is -3.69. The van der Waals surface area contributed by atoms with Gasteiger partial charge in [-0.05, 0) is 42.3 Å². The number of likely N-dealkylation sites (N-methyl/N-ethyl adjacent to an activating group) is 1. The zero-order valence-electron chi connectivity index (χ0n) is 13.1. The van der Waals surface area contributed by atoms with Crippen LogP contribution < -0.4 is 10.5 Å². The van der Waals surface area contributed by atoms with Crippen molar-refractivity contribution < 1.29 is 13.5 Å². The van der Waals surface area contributed by atoms with Gasteiger partial charge in [0, 0.05) is 22.9 Å². The molecule has 0 aliphatic carbocycles. The highest BCUT2D eigenvalue weighted by atomic mass is 32.2. The number of nitrogens with zero attached hydrogens (tertiary/aromatic N) is 1. The van der Waals surface area contributed by atoms with Gasteiger partial charge in [-0.3, -0.25) is 0 Å². The minimum Gasteiger partial charge on any atom is -0.508 e. The summed E-state index contributed by atoms with van der Waals surface area (Å²) >= 11 is 2.76. The van der Waals surface area contributed by atoms with Crippen LogP contribution in [0.15, 0.2) is 39.4 Å². The monoisotopic (exact) mass is 385 g/mol. The van der Waals surface area contributed by atoms with Crippen molar-refractivity contribution in [1.82, 2.24) is 9.62 Å². The van der Waals surface area contributed by atoms with E-state index in [4.69, 9.17) is 5.14 Å². The van der Waals surface area contributed by atoms with Crippen LogP contribution in [0.25, 0.3) is 0 Å². The number of hydrogen-bond acceptors (Lipinski definition) is 7. The van der Waals surface area contributed by atoms with Crippen LogP contribution in [0.4, 0.5) is 0 Å². The van der Waals surface area contributed by atoms with E-state index in [9.17, 15) is 13.5 Å². The molecule has 9 heteroatoms. The molecular weight excluding hydrogens is 366 g/mol. The van der Waals surface area contributed by atoms with Gasteiger partial charge in [-0.1, -0.05) is 19.1 Å². The van der Waals surface area contributed by atoms with E-state index in [-0.39, 0.29) is 16.0 Å². The fourth-order valence-corrected chi connectivity index (χ4v) is 6.02. The molecular formula is C15H19N3O3S3. The van der Waals surface area contributed by atoms with Crippen LogP contribution in [0.1, 0.15) is 23.4 Å². The molecule has 0 unspecified atom stereocenters. The number of phenolic OH excluding ortho intramolecular Hbond substituents is 1. The largest absolute Gasteiger partial charge is 0.508 e. The molecule has 24 heavy (non-hydrogen) atoms. The molecule has 0 saturated heterocycles. The average Bonchev–Trinajstić information content (AvgIpc) is 2.92. The molecule has 0 spiro atoms. The molecule has 0 amide bonds. The second-order valence-electron chi connectivity index (χ2n) is 5.53. The molecule has 1 aliphatic rings. The van der Waals surface area contributed by atoms with E-state index in [0.29, 0.717) is 6.54 Å². The van der Waals surface area contributed by atoms with Gasteiger partial charge in [0.15, 0.2) is 0 Å². The third kappa shape index (κ3) is 3.93. The van der Waals surface area contributed by atoms with Crippen molar-refractivity contribution in [2.75, 3.05) is 13.1 Å². The maximum Gasteiger partial charge on any atom is 0.247 e. The lowest BCUT2D eigenvalue weighted by atomic mass is 10.2. The topological polar surface area (TPSA) is 95.7 Å². The van der Waals surface area contributed by atoms with Gasteiger partial charge < -0.3 is 10.4 Å². The number of rotatable bonds is 5. The van der Waals surface area contributed by atoms with Crippen LogP contribution in [0.3, 0.4) is 0 Å². The number of nitrogens with two attached hydrogens (primary N) is 1. The van der Waals surface area contributed by atoms with Crippen LogP contribution in [0.2, 0.25) is 0 Å². The highest BCUT2D eigenvalue weighted by Gasteiger charge is 2.30. The van der Waals surface area contributed by atoms with Crippen LogP contribution in [-0.2, 0) is 16.6 Å². The number of nitrogens with one attached hydrogen (secondary N) is 1. The third-order valence-corrected chi connectivity index (χ3v) is 7.50. The molecule has 1 atom stereocenters. The first-order chi connectivity index (χ1) is 11.4. The molecule has 1 aliphatic heterocycles. The molecule has 6 nitrogen and oxygen atoms in total. The number of benzene rings is 1. The number of thiophene rings is 1. The molecule has 2 heterocycles. The number of hydrogen-bond donors (Lipinski definition) is 3. The van der Waals surface area contributed by atoms with Gasteiger partial charge >= 0.3 is 0 Å². The Morgan fingerprint density at radius 3 is 2.88 bits per heavy atom. The van der Waals surface area contributed by atoms with Crippen molar-refractivity contribution in [3.63, 3.8) is 0 Å². The molecule has 0 saturated carbocycles. The van der Waals surface area contributed by atoms with Gasteiger partial charge in [-0.15, -0.1) is 11.3 Å². The quantitative estimate of drug-likeness (QED) is 0.684. The summed E-state index contributed by atoms with van der Waals surface area (Å²) in [6.45, 7) is 4.21. The Morgan fingerprint density at radius 2 is 2.21 bits per heavy atom. The first kappa shape index (κ1) is 17.7. The molecule has 0 bridgehead atoms. The van der Waals surface area contributed by atoms with Crippen molar-refractivity contribution in [3.05, 3.63) is 40.8 Å². The number of fused-ring (bicyclic) bond motifs is 1. The second kappa shape index (κ2) is 7.03. The normalized spacial score (nSPS) is 18.5. The van der Waals surface area contributed by atoms with E-state index in [1.54, 1.807) is 18.2 Å². The van der Waals surface area contributed by atoms with Gasteiger partial charge in [-0.25, -0.2) is 17.9 Å². The van der Waals surface area contributed by atoms with Gasteiger partial charge in [0.25, 0.3) is 0 Å². The zero-order chi connectivity index (χ0) is 17.3. The minimum atomic E-state index is -3.69. The van der Waals surface area contributed by atoms with Crippen molar-refractivity contribution in [3.8, 4) is 5.75 Å². The maximum absolute atomic E-state index is 11.6. The van der Waals surface area contributed by atoms with Crippen LogP contribution >= 0.6 is 23.3 Å². The van der Waals surface area contributed by atoms with Crippen molar-refractivity contribution in [1.29, 1.82) is 0 Å². The Kier molecular flexibility index (Phi) is 5.19. The van der Waals surface area contributed by atoms with Crippen molar-refractivity contribution in [2.24, 2.45) is 5.14 Å². The summed E-state index contributed by atoms with van der Waals surface area (Å²) in [5, 5.41) is 18.3. The van der Waals surface area contributed by atoms with Gasteiger partial charge in [-0.2, -0.15) is 0 Å². The van der Waals surface area contributed by atoms with Gasteiger partial charge in [0.1, 0.15) is 9.96 Å². The molecule has 0 fully saturated rings. The summed E-state index contributed by atoms with van der Waals surface area (Å²) < 4.78 is 25.6. The lowest BCUT2D eigenvalue weighted by molar-refractivity contribution is 0.377. The Labute approximate surface area is 149 Å². The van der Waals surface area contributed by atoms with Crippen molar-refractivity contribution >= 4 is 33.3 Å². The molecule has 4 N–H and O–H groups in total. The van der Waals surface area contributed by atoms with Crippen LogP contribution in [0, 0.1) is 0 Å². The number of primary sulfonamides is 1. The highest BCUT2D eigenvalue weighted by Crippen LogP contribution is 2.43. The highest BCUT2D eigenvalue weighted by molar-refractivity contribution is 7.97. The van der Waals surface area contributed by atoms with Crippen LogP contribution in [-0.4, -0.2) is 30.9 Å². The van der Waals surface area contributed by atoms with E-state index in [1.807, 2.05) is 19.1 Å². The minimum absolute atomic E-state index is 0.0593. The van der Waals surface area contributed by atoms with E-state index >= 15 is 0 Å². The summed E-state index contributed by atoms with van der Waals surface area (Å²) in [6.07, 6.45) is 0. The van der Waals surface area contributed by atoms with E-state index in [2.05, 4.69) is 9.62 Å². The Balaban J connectivity index is 1.87. The van der Waals surface area contributed by atoms with Crippen molar-refractivity contribution in [2.45, 2.75) is 28.6 Å². The predicted molar refractivity (Wildman–Crippen MR) is 96.5 cm³/mol. The molecule has 0 radical (unpaired) electrons. The lowest BCUT2D eigenvalue weighted by Gasteiger charge is -2.32. The summed E-state index contributed by atoms with van der Waals surface area (Å²) in [5.41, 5.74) is 1.00. The first-order valence-electron chi connectivity index (χ1n) is 7.47.